The van der Waals surface area contributed by atoms with Gasteiger partial charge in [0.1, 0.15) is 4.83 Å². The number of anilines is 2. The van der Waals surface area contributed by atoms with Gasteiger partial charge in [0.2, 0.25) is 0 Å². The van der Waals surface area contributed by atoms with Crippen molar-refractivity contribution < 1.29 is 0 Å². The third kappa shape index (κ3) is 2.24. The summed E-state index contributed by atoms with van der Waals surface area (Å²) in [5, 5.41) is 1.13. The number of hydrogen-bond acceptors (Lipinski definition) is 4. The molecular formula is C18H19N3S. The summed E-state index contributed by atoms with van der Waals surface area (Å²) in [7, 11) is 0. The predicted molar refractivity (Wildman–Crippen MR) is 95.5 cm³/mol. The van der Waals surface area contributed by atoms with E-state index in [1.54, 1.807) is 11.3 Å². The maximum atomic E-state index is 6.52. The van der Waals surface area contributed by atoms with Crippen LogP contribution < -0.4 is 10.6 Å². The van der Waals surface area contributed by atoms with Gasteiger partial charge in [0.05, 0.1) is 21.6 Å². The molecule has 0 aliphatic carbocycles. The second-order valence-electron chi connectivity index (χ2n) is 5.77. The molecule has 2 aromatic heterocycles. The molecule has 3 aromatic rings. The van der Waals surface area contributed by atoms with Crippen molar-refractivity contribution in [2.24, 2.45) is 0 Å². The Balaban J connectivity index is 1.88. The van der Waals surface area contributed by atoms with Crippen LogP contribution in [0.5, 0.6) is 0 Å². The van der Waals surface area contributed by atoms with E-state index in [2.05, 4.69) is 40.2 Å². The summed E-state index contributed by atoms with van der Waals surface area (Å²) in [6.07, 6.45) is 5.77. The summed E-state index contributed by atoms with van der Waals surface area (Å²) in [5.74, 6) is 0. The average Bonchev–Trinajstić information content (AvgIpc) is 2.94. The van der Waals surface area contributed by atoms with Gasteiger partial charge in [-0.25, -0.2) is 4.98 Å². The minimum atomic E-state index is 0.875. The molecule has 112 valence electrons. The highest BCUT2D eigenvalue weighted by molar-refractivity contribution is 7.22. The predicted octanol–water partition coefficient (Wildman–Crippen LogP) is 4.54. The first-order valence-electron chi connectivity index (χ1n) is 7.82. The molecule has 0 spiro atoms. The second-order valence-corrected chi connectivity index (χ2v) is 6.77. The zero-order valence-electron chi connectivity index (χ0n) is 12.5. The Kier molecular flexibility index (Phi) is 3.47. The van der Waals surface area contributed by atoms with E-state index in [1.807, 2.05) is 12.3 Å². The molecular weight excluding hydrogens is 290 g/mol. The van der Waals surface area contributed by atoms with Crippen LogP contribution in [0, 0.1) is 0 Å². The number of aromatic nitrogens is 1. The number of hydrogen-bond donors (Lipinski definition) is 1. The van der Waals surface area contributed by atoms with Crippen molar-refractivity contribution in [3.05, 3.63) is 42.6 Å². The SMILES string of the molecule is Nc1c(-c2ccccc2)sc2nccc(N3CCCCC3)c12. The monoisotopic (exact) mass is 309 g/mol. The molecule has 3 nitrogen and oxygen atoms in total. The van der Waals surface area contributed by atoms with E-state index in [0.717, 1.165) is 33.9 Å². The number of nitrogens with zero attached hydrogens (tertiary/aromatic N) is 2. The molecule has 1 aliphatic heterocycles. The van der Waals surface area contributed by atoms with Gasteiger partial charge in [-0.1, -0.05) is 30.3 Å². The zero-order valence-corrected chi connectivity index (χ0v) is 13.3. The summed E-state index contributed by atoms with van der Waals surface area (Å²) in [6.45, 7) is 2.24. The van der Waals surface area contributed by atoms with E-state index in [4.69, 9.17) is 5.73 Å². The van der Waals surface area contributed by atoms with Gasteiger partial charge in [-0.3, -0.25) is 0 Å². The fourth-order valence-corrected chi connectivity index (χ4v) is 4.32. The summed E-state index contributed by atoms with van der Waals surface area (Å²) in [6, 6.07) is 12.5. The second kappa shape index (κ2) is 5.61. The zero-order chi connectivity index (χ0) is 14.9. The summed E-state index contributed by atoms with van der Waals surface area (Å²) >= 11 is 1.69. The van der Waals surface area contributed by atoms with Crippen LogP contribution in [0.1, 0.15) is 19.3 Å². The van der Waals surface area contributed by atoms with Crippen LogP contribution in [0.4, 0.5) is 11.4 Å². The molecule has 4 heteroatoms. The Morgan fingerprint density at radius 1 is 1.00 bits per heavy atom. The highest BCUT2D eigenvalue weighted by atomic mass is 32.1. The first-order chi connectivity index (χ1) is 10.8. The van der Waals surface area contributed by atoms with Crippen molar-refractivity contribution >= 4 is 32.9 Å². The van der Waals surface area contributed by atoms with Crippen molar-refractivity contribution in [2.75, 3.05) is 23.7 Å². The number of thiophene rings is 1. The van der Waals surface area contributed by atoms with Gasteiger partial charge in [0.15, 0.2) is 0 Å². The number of nitrogens with two attached hydrogens (primary N) is 1. The number of rotatable bonds is 2. The molecule has 0 bridgehead atoms. The quantitative estimate of drug-likeness (QED) is 0.756. The minimum Gasteiger partial charge on any atom is -0.397 e. The van der Waals surface area contributed by atoms with Crippen LogP contribution in [0.25, 0.3) is 20.7 Å². The highest BCUT2D eigenvalue weighted by Gasteiger charge is 2.19. The lowest BCUT2D eigenvalue weighted by atomic mass is 10.1. The lowest BCUT2D eigenvalue weighted by molar-refractivity contribution is 0.579. The first-order valence-corrected chi connectivity index (χ1v) is 8.63. The minimum absolute atomic E-state index is 0.875. The Morgan fingerprint density at radius 2 is 1.77 bits per heavy atom. The van der Waals surface area contributed by atoms with E-state index in [9.17, 15) is 0 Å². The lowest BCUT2D eigenvalue weighted by Gasteiger charge is -2.29. The first kappa shape index (κ1) is 13.6. The number of nitrogen functional groups attached to an aromatic ring is 1. The molecule has 0 unspecified atom stereocenters. The van der Waals surface area contributed by atoms with Crippen molar-refractivity contribution in [2.45, 2.75) is 19.3 Å². The number of pyridine rings is 1. The molecule has 1 aromatic carbocycles. The molecule has 0 saturated carbocycles. The normalized spacial score (nSPS) is 15.4. The molecule has 0 radical (unpaired) electrons. The largest absolute Gasteiger partial charge is 0.397 e. The highest BCUT2D eigenvalue weighted by Crippen LogP contribution is 2.44. The van der Waals surface area contributed by atoms with Crippen molar-refractivity contribution in [1.82, 2.24) is 4.98 Å². The topological polar surface area (TPSA) is 42.1 Å². The van der Waals surface area contributed by atoms with Crippen LogP contribution in [0.15, 0.2) is 42.6 Å². The summed E-state index contributed by atoms with van der Waals surface area (Å²) in [4.78, 5) is 9.19. The Hall–Kier alpha value is -2.07. The van der Waals surface area contributed by atoms with Crippen LogP contribution >= 0.6 is 11.3 Å². The number of piperidine rings is 1. The summed E-state index contributed by atoms with van der Waals surface area (Å²) < 4.78 is 0. The molecule has 4 rings (SSSR count). The van der Waals surface area contributed by atoms with Gasteiger partial charge in [-0.2, -0.15) is 0 Å². The molecule has 3 heterocycles. The van der Waals surface area contributed by atoms with Gasteiger partial charge in [0, 0.05) is 19.3 Å². The average molecular weight is 309 g/mol. The molecule has 1 fully saturated rings. The van der Waals surface area contributed by atoms with Gasteiger partial charge >= 0.3 is 0 Å². The summed E-state index contributed by atoms with van der Waals surface area (Å²) in [5.41, 5.74) is 9.82. The van der Waals surface area contributed by atoms with Crippen LogP contribution in [-0.4, -0.2) is 18.1 Å². The van der Waals surface area contributed by atoms with Crippen molar-refractivity contribution in [3.63, 3.8) is 0 Å². The fraction of sp³-hybridized carbons (Fsp3) is 0.278. The molecule has 2 N–H and O–H groups in total. The van der Waals surface area contributed by atoms with E-state index in [1.165, 1.54) is 30.5 Å². The maximum absolute atomic E-state index is 6.52. The molecule has 22 heavy (non-hydrogen) atoms. The van der Waals surface area contributed by atoms with Crippen molar-refractivity contribution in [3.8, 4) is 10.4 Å². The Morgan fingerprint density at radius 3 is 2.55 bits per heavy atom. The third-order valence-corrected chi connectivity index (χ3v) is 5.50. The van der Waals surface area contributed by atoms with E-state index in [0.29, 0.717) is 0 Å². The van der Waals surface area contributed by atoms with Crippen LogP contribution in [0.2, 0.25) is 0 Å². The van der Waals surface area contributed by atoms with E-state index >= 15 is 0 Å². The van der Waals surface area contributed by atoms with E-state index < -0.39 is 0 Å². The Labute approximate surface area is 134 Å². The molecule has 1 aliphatic rings. The molecule has 1 saturated heterocycles. The smallest absolute Gasteiger partial charge is 0.128 e. The van der Waals surface area contributed by atoms with Crippen LogP contribution in [0.3, 0.4) is 0 Å². The molecule has 0 amide bonds. The maximum Gasteiger partial charge on any atom is 0.128 e. The third-order valence-electron chi connectivity index (χ3n) is 4.34. The van der Waals surface area contributed by atoms with Gasteiger partial charge in [-0.05, 0) is 30.9 Å². The number of fused-ring (bicyclic) bond motifs is 1. The number of benzene rings is 1. The van der Waals surface area contributed by atoms with Crippen molar-refractivity contribution in [1.29, 1.82) is 0 Å². The van der Waals surface area contributed by atoms with Gasteiger partial charge in [-0.15, -0.1) is 11.3 Å². The Bertz CT molecular complexity index is 789. The van der Waals surface area contributed by atoms with Gasteiger partial charge < -0.3 is 10.6 Å². The van der Waals surface area contributed by atoms with Gasteiger partial charge in [0.25, 0.3) is 0 Å². The fourth-order valence-electron chi connectivity index (χ4n) is 3.23. The van der Waals surface area contributed by atoms with E-state index in [-0.39, 0.29) is 0 Å². The molecule has 0 atom stereocenters. The lowest BCUT2D eigenvalue weighted by Crippen LogP contribution is -2.29. The van der Waals surface area contributed by atoms with Crippen LogP contribution in [-0.2, 0) is 0 Å². The standard InChI is InChI=1S/C18H19N3S/c19-16-15-14(21-11-5-2-6-12-21)9-10-20-18(15)22-17(16)13-7-3-1-4-8-13/h1,3-4,7-10H,2,5-6,11-12,19H2.